The molecule has 0 bridgehead atoms. The first-order chi connectivity index (χ1) is 10.1. The summed E-state index contributed by atoms with van der Waals surface area (Å²) in [5.74, 6) is 1.01. The third kappa shape index (κ3) is 4.21. The van der Waals surface area contributed by atoms with Crippen molar-refractivity contribution in [3.63, 3.8) is 0 Å². The average molecular weight is 290 g/mol. The van der Waals surface area contributed by atoms with E-state index in [1.54, 1.807) is 7.11 Å². The Bertz CT molecular complexity index is 450. The predicted octanol–water partition coefficient (Wildman–Crippen LogP) is 2.60. The highest BCUT2D eigenvalue weighted by atomic mass is 16.5. The zero-order valence-electron chi connectivity index (χ0n) is 13.3. The van der Waals surface area contributed by atoms with Gasteiger partial charge >= 0.3 is 0 Å². The summed E-state index contributed by atoms with van der Waals surface area (Å²) < 4.78 is 5.22. The second-order valence-electron chi connectivity index (χ2n) is 5.93. The Hall–Kier alpha value is -1.55. The van der Waals surface area contributed by atoms with Gasteiger partial charge in [0.1, 0.15) is 5.75 Å². The second-order valence-corrected chi connectivity index (χ2v) is 5.93. The fourth-order valence-electron chi connectivity index (χ4n) is 2.74. The van der Waals surface area contributed by atoms with Gasteiger partial charge in [-0.25, -0.2) is 0 Å². The number of benzene rings is 1. The quantitative estimate of drug-likeness (QED) is 0.875. The highest BCUT2D eigenvalue weighted by Gasteiger charge is 2.24. The number of likely N-dealkylation sites (tertiary alicyclic amines) is 1. The molecule has 1 aromatic rings. The molecular formula is C17H26N2O2. The molecule has 1 aliphatic rings. The first-order valence-corrected chi connectivity index (χ1v) is 7.77. The molecular weight excluding hydrogens is 264 g/mol. The van der Waals surface area contributed by atoms with E-state index in [4.69, 9.17) is 4.74 Å². The van der Waals surface area contributed by atoms with Crippen molar-refractivity contribution in [2.24, 2.45) is 5.92 Å². The first kappa shape index (κ1) is 15.8. The minimum absolute atomic E-state index is 0.0279. The summed E-state index contributed by atoms with van der Waals surface area (Å²) in [6.07, 6.45) is 2.48. The van der Waals surface area contributed by atoms with Crippen LogP contribution in [0.3, 0.4) is 0 Å². The van der Waals surface area contributed by atoms with Gasteiger partial charge in [-0.1, -0.05) is 26.0 Å². The molecule has 4 heteroatoms. The number of rotatable bonds is 6. The molecule has 1 atom stereocenters. The Kier molecular flexibility index (Phi) is 5.62. The standard InChI is InChI=1S/C17H26N2O2/c1-13(2)17(20)18-12-16(19-10-4-5-11-19)14-6-8-15(21-3)9-7-14/h6-9,13,16H,4-5,10-12H2,1-3H3,(H,18,20). The zero-order chi connectivity index (χ0) is 15.2. The molecule has 1 amide bonds. The van der Waals surface area contributed by atoms with Crippen LogP contribution < -0.4 is 10.1 Å². The van der Waals surface area contributed by atoms with Crippen molar-refractivity contribution in [3.05, 3.63) is 29.8 Å². The smallest absolute Gasteiger partial charge is 0.222 e. The van der Waals surface area contributed by atoms with Crippen LogP contribution in [0.5, 0.6) is 5.75 Å². The molecule has 0 aliphatic carbocycles. The molecule has 0 spiro atoms. The molecule has 1 fully saturated rings. The number of ether oxygens (including phenoxy) is 1. The second kappa shape index (κ2) is 7.46. The highest BCUT2D eigenvalue weighted by Crippen LogP contribution is 2.26. The van der Waals surface area contributed by atoms with E-state index >= 15 is 0 Å². The highest BCUT2D eigenvalue weighted by molar-refractivity contribution is 5.77. The molecule has 21 heavy (non-hydrogen) atoms. The molecule has 1 unspecified atom stereocenters. The molecule has 1 N–H and O–H groups in total. The van der Waals surface area contributed by atoms with Crippen LogP contribution in [-0.4, -0.2) is 37.6 Å². The van der Waals surface area contributed by atoms with Crippen molar-refractivity contribution in [3.8, 4) is 5.75 Å². The summed E-state index contributed by atoms with van der Waals surface area (Å²) in [6, 6.07) is 8.43. The fourth-order valence-corrected chi connectivity index (χ4v) is 2.74. The van der Waals surface area contributed by atoms with Crippen LogP contribution in [0.15, 0.2) is 24.3 Å². The van der Waals surface area contributed by atoms with Crippen molar-refractivity contribution >= 4 is 5.91 Å². The molecule has 1 aromatic carbocycles. The molecule has 2 rings (SSSR count). The molecule has 1 saturated heterocycles. The maximum atomic E-state index is 11.8. The SMILES string of the molecule is COc1ccc(C(CNC(=O)C(C)C)N2CCCC2)cc1. The first-order valence-electron chi connectivity index (χ1n) is 7.77. The van der Waals surface area contributed by atoms with Gasteiger partial charge in [0, 0.05) is 12.5 Å². The van der Waals surface area contributed by atoms with E-state index in [0.717, 1.165) is 18.8 Å². The lowest BCUT2D eigenvalue weighted by atomic mass is 10.0. The Morgan fingerprint density at radius 1 is 1.24 bits per heavy atom. The largest absolute Gasteiger partial charge is 0.497 e. The summed E-state index contributed by atoms with van der Waals surface area (Å²) in [4.78, 5) is 14.3. The van der Waals surface area contributed by atoms with Crippen LogP contribution in [-0.2, 0) is 4.79 Å². The van der Waals surface area contributed by atoms with Crippen LogP contribution in [0.25, 0.3) is 0 Å². The number of hydrogen-bond donors (Lipinski definition) is 1. The van der Waals surface area contributed by atoms with Crippen molar-refractivity contribution in [2.45, 2.75) is 32.7 Å². The van der Waals surface area contributed by atoms with Gasteiger partial charge < -0.3 is 10.1 Å². The van der Waals surface area contributed by atoms with E-state index in [2.05, 4.69) is 22.3 Å². The lowest BCUT2D eigenvalue weighted by Gasteiger charge is -2.28. The average Bonchev–Trinajstić information content (AvgIpc) is 3.02. The van der Waals surface area contributed by atoms with Gasteiger partial charge in [0.25, 0.3) is 0 Å². The summed E-state index contributed by atoms with van der Waals surface area (Å²) in [5, 5.41) is 3.07. The zero-order valence-corrected chi connectivity index (χ0v) is 13.3. The number of amides is 1. The van der Waals surface area contributed by atoms with Gasteiger partial charge in [0.15, 0.2) is 0 Å². The fraction of sp³-hybridized carbons (Fsp3) is 0.588. The normalized spacial score (nSPS) is 17.0. The molecule has 0 aromatic heterocycles. The number of hydrogen-bond acceptors (Lipinski definition) is 3. The summed E-state index contributed by atoms with van der Waals surface area (Å²) >= 11 is 0. The molecule has 0 saturated carbocycles. The van der Waals surface area contributed by atoms with Crippen LogP contribution in [0.2, 0.25) is 0 Å². The van der Waals surface area contributed by atoms with Crippen LogP contribution in [0.1, 0.15) is 38.3 Å². The topological polar surface area (TPSA) is 41.6 Å². The maximum absolute atomic E-state index is 11.8. The Morgan fingerprint density at radius 2 is 1.86 bits per heavy atom. The number of methoxy groups -OCH3 is 1. The van der Waals surface area contributed by atoms with Gasteiger partial charge in [-0.2, -0.15) is 0 Å². The van der Waals surface area contributed by atoms with Gasteiger partial charge in [-0.3, -0.25) is 9.69 Å². The summed E-state index contributed by atoms with van der Waals surface area (Å²) in [6.45, 7) is 6.73. The molecule has 116 valence electrons. The third-order valence-corrected chi connectivity index (χ3v) is 4.08. The van der Waals surface area contributed by atoms with E-state index in [1.807, 2.05) is 26.0 Å². The van der Waals surface area contributed by atoms with E-state index in [0.29, 0.717) is 6.54 Å². The Labute approximate surface area is 127 Å². The van der Waals surface area contributed by atoms with E-state index in [9.17, 15) is 4.79 Å². The molecule has 0 radical (unpaired) electrons. The van der Waals surface area contributed by atoms with Gasteiger partial charge in [-0.05, 0) is 43.6 Å². The minimum atomic E-state index is 0.0279. The minimum Gasteiger partial charge on any atom is -0.497 e. The van der Waals surface area contributed by atoms with Crippen LogP contribution in [0, 0.1) is 5.92 Å². The van der Waals surface area contributed by atoms with Crippen molar-refractivity contribution in [1.82, 2.24) is 10.2 Å². The number of nitrogens with one attached hydrogen (secondary N) is 1. The van der Waals surface area contributed by atoms with Gasteiger partial charge in [0.2, 0.25) is 5.91 Å². The predicted molar refractivity (Wildman–Crippen MR) is 84.4 cm³/mol. The summed E-state index contributed by atoms with van der Waals surface area (Å²) in [7, 11) is 1.68. The van der Waals surface area contributed by atoms with Crippen LogP contribution in [0.4, 0.5) is 0 Å². The Balaban J connectivity index is 2.08. The number of carbonyl (C=O) groups is 1. The summed E-state index contributed by atoms with van der Waals surface area (Å²) in [5.41, 5.74) is 1.24. The molecule has 1 heterocycles. The van der Waals surface area contributed by atoms with Gasteiger partial charge in [-0.15, -0.1) is 0 Å². The lowest BCUT2D eigenvalue weighted by Crippen LogP contribution is -2.38. The van der Waals surface area contributed by atoms with E-state index in [-0.39, 0.29) is 17.9 Å². The molecule has 4 nitrogen and oxygen atoms in total. The van der Waals surface area contributed by atoms with Crippen molar-refractivity contribution in [2.75, 3.05) is 26.7 Å². The number of nitrogens with zero attached hydrogens (tertiary/aromatic N) is 1. The monoisotopic (exact) mass is 290 g/mol. The number of carbonyl (C=O) groups excluding carboxylic acids is 1. The van der Waals surface area contributed by atoms with Crippen molar-refractivity contribution in [1.29, 1.82) is 0 Å². The maximum Gasteiger partial charge on any atom is 0.222 e. The van der Waals surface area contributed by atoms with E-state index in [1.165, 1.54) is 18.4 Å². The third-order valence-electron chi connectivity index (χ3n) is 4.08. The Morgan fingerprint density at radius 3 is 2.38 bits per heavy atom. The van der Waals surface area contributed by atoms with Crippen LogP contribution >= 0.6 is 0 Å². The van der Waals surface area contributed by atoms with E-state index < -0.39 is 0 Å². The van der Waals surface area contributed by atoms with Crippen molar-refractivity contribution < 1.29 is 9.53 Å². The van der Waals surface area contributed by atoms with Gasteiger partial charge in [0.05, 0.1) is 13.2 Å². The lowest BCUT2D eigenvalue weighted by molar-refractivity contribution is -0.124. The molecule has 1 aliphatic heterocycles.